The van der Waals surface area contributed by atoms with E-state index < -0.39 is 5.91 Å². The first-order valence-corrected chi connectivity index (χ1v) is 36.9. The molecule has 20 nitrogen and oxygen atoms in total. The molecule has 0 saturated heterocycles. The predicted molar refractivity (Wildman–Crippen MR) is 427 cm³/mol. The normalized spacial score (nSPS) is 10.9. The third-order valence-corrected chi connectivity index (χ3v) is 20.7. The van der Waals surface area contributed by atoms with Crippen molar-refractivity contribution in [3.05, 3.63) is 229 Å². The van der Waals surface area contributed by atoms with Crippen molar-refractivity contribution in [2.75, 3.05) is 87.4 Å². The molecular formula is C84H83N7O13S3. The van der Waals surface area contributed by atoms with Crippen LogP contribution in [0.5, 0.6) is 34.5 Å². The van der Waals surface area contributed by atoms with Gasteiger partial charge in [-0.15, -0.1) is 34.0 Å². The van der Waals surface area contributed by atoms with E-state index in [4.69, 9.17) is 38.5 Å². The number of anilines is 1. The van der Waals surface area contributed by atoms with Crippen LogP contribution in [0.4, 0.5) is 5.69 Å². The van der Waals surface area contributed by atoms with E-state index in [-0.39, 0.29) is 67.7 Å². The van der Waals surface area contributed by atoms with Gasteiger partial charge in [-0.25, -0.2) is 15.0 Å². The molecule has 0 aliphatic heterocycles. The molecule has 3 amide bonds. The molecule has 12 aromatic rings. The number of methoxy groups -OCH3 is 5. The zero-order valence-corrected chi connectivity index (χ0v) is 64.0. The van der Waals surface area contributed by atoms with Crippen molar-refractivity contribution >= 4 is 111 Å². The molecule has 0 spiro atoms. The molecule has 0 fully saturated rings. The van der Waals surface area contributed by atoms with Gasteiger partial charge in [-0.3, -0.25) is 28.8 Å². The van der Waals surface area contributed by atoms with E-state index in [0.29, 0.717) is 68.3 Å². The number of amides is 3. The number of ketones is 3. The van der Waals surface area contributed by atoms with Crippen LogP contribution < -0.4 is 49.3 Å². The van der Waals surface area contributed by atoms with Gasteiger partial charge in [0.1, 0.15) is 23.7 Å². The van der Waals surface area contributed by atoms with E-state index in [1.165, 1.54) is 72.4 Å². The van der Waals surface area contributed by atoms with Gasteiger partial charge in [0, 0.05) is 99.6 Å². The number of hydrogen-bond acceptors (Lipinski definition) is 20. The first-order valence-electron chi connectivity index (χ1n) is 34.3. The molecule has 0 saturated carbocycles. The fraction of sp³-hybridized carbons (Fsp3) is 0.226. The van der Waals surface area contributed by atoms with Crippen molar-refractivity contribution in [1.82, 2.24) is 30.9 Å². The summed E-state index contributed by atoms with van der Waals surface area (Å²) in [5, 5.41) is 26.6. The Kier molecular flexibility index (Phi) is 26.5. The van der Waals surface area contributed by atoms with Gasteiger partial charge >= 0.3 is 0 Å². The minimum Gasteiger partial charge on any atom is -0.493 e. The summed E-state index contributed by atoms with van der Waals surface area (Å²) in [4.78, 5) is 93.3. The van der Waals surface area contributed by atoms with Crippen LogP contribution in [0.25, 0.3) is 70.1 Å². The fourth-order valence-electron chi connectivity index (χ4n) is 11.8. The molecule has 0 atom stereocenters. The number of benzene rings is 6. The third kappa shape index (κ3) is 18.7. The number of ether oxygens (including phenoxy) is 6. The molecule has 23 heteroatoms. The highest BCUT2D eigenvalue weighted by Gasteiger charge is 2.23. The number of aromatic nitrogens is 3. The van der Waals surface area contributed by atoms with Crippen LogP contribution in [0.1, 0.15) is 111 Å². The maximum absolute atomic E-state index is 13.1. The number of aryl methyl sites for hydroxylation is 4. The Morgan fingerprint density at radius 1 is 0.467 bits per heavy atom. The number of allylic oxidation sites excluding steroid dienone is 1. The molecule has 6 heterocycles. The van der Waals surface area contributed by atoms with Gasteiger partial charge in [0.15, 0.2) is 51.8 Å². The van der Waals surface area contributed by atoms with Crippen molar-refractivity contribution in [3.63, 3.8) is 0 Å². The quantitative estimate of drug-likeness (QED) is 0.0349. The van der Waals surface area contributed by atoms with Crippen molar-refractivity contribution in [3.8, 4) is 68.3 Å². The topological polar surface area (TPSA) is 256 Å². The third-order valence-electron chi connectivity index (χ3n) is 17.3. The highest BCUT2D eigenvalue weighted by Crippen LogP contribution is 2.40. The largest absolute Gasteiger partial charge is 0.493 e. The molecule has 0 aliphatic rings. The number of aliphatic hydroxyl groups is 1. The van der Waals surface area contributed by atoms with Crippen LogP contribution in [-0.4, -0.2) is 138 Å². The Hall–Kier alpha value is -11.6. The predicted octanol–water partition coefficient (Wildman–Crippen LogP) is 16.1. The second-order valence-corrected chi connectivity index (χ2v) is 27.5. The fourth-order valence-corrected chi connectivity index (χ4v) is 14.9. The molecule has 6 aromatic carbocycles. The van der Waals surface area contributed by atoms with E-state index in [1.807, 2.05) is 74.5 Å². The van der Waals surface area contributed by atoms with Crippen LogP contribution in [-0.2, 0) is 6.42 Å². The number of pyridine rings is 3. The van der Waals surface area contributed by atoms with Gasteiger partial charge in [-0.05, 0) is 153 Å². The molecule has 4 N–H and O–H groups in total. The molecule has 0 radical (unpaired) electrons. The number of carbonyl (C=O) groups excluding carboxylic acids is 6. The minimum absolute atomic E-state index is 0.109. The first kappa shape index (κ1) is 78.0. The van der Waals surface area contributed by atoms with Crippen molar-refractivity contribution in [2.24, 2.45) is 0 Å². The second-order valence-electron chi connectivity index (χ2n) is 24.9. The summed E-state index contributed by atoms with van der Waals surface area (Å²) in [6.07, 6.45) is 5.65. The number of Topliss-reactive ketones (excluding diaryl/α,β-unsaturated/α-hetero) is 3. The lowest BCUT2D eigenvalue weighted by atomic mass is 10.0. The van der Waals surface area contributed by atoms with Crippen LogP contribution in [0.15, 0.2) is 168 Å². The molecular weight excluding hydrogens is 1410 g/mol. The van der Waals surface area contributed by atoms with Crippen molar-refractivity contribution in [1.29, 1.82) is 0 Å². The number of aliphatic hydroxyl groups excluding tert-OH is 1. The van der Waals surface area contributed by atoms with Crippen LogP contribution in [0, 0.1) is 20.8 Å². The van der Waals surface area contributed by atoms with Gasteiger partial charge < -0.3 is 54.4 Å². The number of thiophene rings is 3. The van der Waals surface area contributed by atoms with Crippen LogP contribution in [0.3, 0.4) is 0 Å². The number of carbonyl (C=O) groups is 6. The Balaban J connectivity index is 0.000000172. The summed E-state index contributed by atoms with van der Waals surface area (Å²) in [6, 6.07) is 44.3. The summed E-state index contributed by atoms with van der Waals surface area (Å²) in [6.45, 7) is 9.72. The van der Waals surface area contributed by atoms with Gasteiger partial charge in [-0.2, -0.15) is 0 Å². The zero-order valence-electron chi connectivity index (χ0n) is 61.6. The Bertz CT molecular complexity index is 5310. The van der Waals surface area contributed by atoms with Crippen molar-refractivity contribution < 1.29 is 62.3 Å². The van der Waals surface area contributed by atoms with E-state index in [9.17, 15) is 28.8 Å². The van der Waals surface area contributed by atoms with E-state index in [2.05, 4.69) is 112 Å². The number of nitrogens with zero attached hydrogens (tertiary/aromatic N) is 4. The Labute approximate surface area is 633 Å². The summed E-state index contributed by atoms with van der Waals surface area (Å²) in [7, 11) is 11.4. The number of hydrogen-bond donors (Lipinski definition) is 4. The van der Waals surface area contributed by atoms with Crippen molar-refractivity contribution in [2.45, 2.75) is 47.5 Å². The molecule has 12 rings (SSSR count). The van der Waals surface area contributed by atoms with Gasteiger partial charge in [0.25, 0.3) is 17.7 Å². The lowest BCUT2D eigenvalue weighted by Crippen LogP contribution is -2.30. The van der Waals surface area contributed by atoms with Gasteiger partial charge in [0.05, 0.1) is 78.9 Å². The lowest BCUT2D eigenvalue weighted by molar-refractivity contribution is 0.0901. The zero-order chi connectivity index (χ0) is 76.4. The molecule has 0 unspecified atom stereocenters. The van der Waals surface area contributed by atoms with E-state index in [1.54, 1.807) is 94.7 Å². The highest BCUT2D eigenvalue weighted by molar-refractivity contribution is 7.18. The minimum atomic E-state index is -0.427. The van der Waals surface area contributed by atoms with E-state index >= 15 is 0 Å². The Morgan fingerprint density at radius 3 is 1.24 bits per heavy atom. The maximum Gasteiger partial charge on any atom is 0.251 e. The summed E-state index contributed by atoms with van der Waals surface area (Å²) in [5.74, 6) is 0.705. The van der Waals surface area contributed by atoms with Crippen LogP contribution >= 0.6 is 34.0 Å². The standard InChI is InChI=1S/C28H29N3O5S.C28H28N2O4S.C28H26N2O4S/c1-17-6-5-7-20-21(16-37-27(17)20)22-13-19(31(2)3)14-23(30-22)24(33)15-29-28(34)18-8-9-25(36-11-10-32)26(12-18)35-4;2*1-5-7-18-12-22(21-16-35-27-17(2)8-6-9-20(21)27)30-23(13-18)24(31)15-29-28(32)19-10-11-25(33-3)26(14-19)34-4/h5-9,12-14,16,32H,10-11,15H2,1-4H3,(H,29,34);6,8-14,16H,5,7,15H2,1-4H3,(H,29,32);5-14,16H,15H2,1-4H3,(H,29,32)/b;;7-5-. The molecule has 550 valence electrons. The highest BCUT2D eigenvalue weighted by atomic mass is 32.1. The molecule has 0 aliphatic carbocycles. The lowest BCUT2D eigenvalue weighted by Gasteiger charge is -2.15. The van der Waals surface area contributed by atoms with E-state index in [0.717, 1.165) is 73.9 Å². The summed E-state index contributed by atoms with van der Waals surface area (Å²) < 4.78 is 35.2. The van der Waals surface area contributed by atoms with Crippen LogP contribution in [0.2, 0.25) is 0 Å². The number of nitrogens with one attached hydrogen (secondary N) is 3. The SMILES string of the molecule is C/C=C\c1cc(C(=O)CNC(=O)c2ccc(OC)c(OC)c2)nc(-c2csc3c(C)cccc23)c1.CCCc1cc(C(=O)CNC(=O)c2ccc(OC)c(OC)c2)nc(-c2csc3c(C)cccc23)c1.COc1cc(C(=O)NCC(=O)c2cc(N(C)C)cc(-c3csc4c(C)cccc34)n2)ccc1OCCO. The Morgan fingerprint density at radius 2 is 0.850 bits per heavy atom. The smallest absolute Gasteiger partial charge is 0.251 e. The average molecular weight is 1490 g/mol. The molecule has 0 bridgehead atoms. The summed E-state index contributed by atoms with van der Waals surface area (Å²) >= 11 is 5.01. The molecule has 6 aromatic heterocycles. The molecule has 107 heavy (non-hydrogen) atoms. The number of rotatable bonds is 27. The second kappa shape index (κ2) is 36.4. The summed E-state index contributed by atoms with van der Waals surface area (Å²) in [5.41, 5.74) is 13.6. The maximum atomic E-state index is 13.1. The average Bonchev–Trinajstić information content (AvgIpc) is 1.68. The van der Waals surface area contributed by atoms with Gasteiger partial charge in [0.2, 0.25) is 0 Å². The number of fused-ring (bicyclic) bond motifs is 3. The first-order chi connectivity index (χ1) is 51.7. The van der Waals surface area contributed by atoms with Gasteiger partial charge in [-0.1, -0.05) is 80.1 Å². The monoisotopic (exact) mass is 1490 g/mol.